The number of nitrogens with zero attached hydrogens (tertiary/aromatic N) is 3. The van der Waals surface area contributed by atoms with Crippen LogP contribution in [0.2, 0.25) is 0 Å². The third-order valence-electron chi connectivity index (χ3n) is 6.32. The molecule has 5 nitrogen and oxygen atoms in total. The van der Waals surface area contributed by atoms with Crippen LogP contribution in [0.5, 0.6) is 0 Å². The van der Waals surface area contributed by atoms with Crippen molar-refractivity contribution in [3.63, 3.8) is 0 Å². The normalized spacial score (nSPS) is 31.4. The molecular weight excluding hydrogens is 321 g/mol. The van der Waals surface area contributed by atoms with Crippen molar-refractivity contribution in [2.24, 2.45) is 11.3 Å². The third-order valence-corrected chi connectivity index (χ3v) is 6.32. The summed E-state index contributed by atoms with van der Waals surface area (Å²) in [4.78, 5) is 33.2. The zero-order valence-corrected chi connectivity index (χ0v) is 14.4. The minimum atomic E-state index is -0.807. The summed E-state index contributed by atoms with van der Waals surface area (Å²) in [5.74, 6) is 0.111. The van der Waals surface area contributed by atoms with Gasteiger partial charge in [-0.2, -0.15) is 0 Å². The van der Waals surface area contributed by atoms with E-state index >= 15 is 0 Å². The second-order valence-electron chi connectivity index (χ2n) is 7.53. The summed E-state index contributed by atoms with van der Waals surface area (Å²) >= 11 is 0. The number of halogens is 1. The minimum absolute atomic E-state index is 0.0511. The number of carbonyl (C=O) groups excluding carboxylic acids is 2. The molecule has 1 aromatic heterocycles. The van der Waals surface area contributed by atoms with Gasteiger partial charge in [0.25, 0.3) is 0 Å². The maximum atomic E-state index is 13.9. The predicted molar refractivity (Wildman–Crippen MR) is 90.4 cm³/mol. The topological polar surface area (TPSA) is 53.5 Å². The number of amides is 2. The van der Waals surface area contributed by atoms with E-state index in [1.807, 2.05) is 23.1 Å². The molecule has 3 fully saturated rings. The van der Waals surface area contributed by atoms with Crippen molar-refractivity contribution in [3.05, 3.63) is 30.1 Å². The summed E-state index contributed by atoms with van der Waals surface area (Å²) in [6.45, 7) is 2.21. The smallest absolute Gasteiger partial charge is 0.229 e. The largest absolute Gasteiger partial charge is 0.339 e. The van der Waals surface area contributed by atoms with Crippen LogP contribution < -0.4 is 0 Å². The molecule has 3 aliphatic rings. The van der Waals surface area contributed by atoms with Crippen LogP contribution in [0.3, 0.4) is 0 Å². The van der Waals surface area contributed by atoms with Crippen molar-refractivity contribution < 1.29 is 14.0 Å². The third kappa shape index (κ3) is 2.81. The molecule has 25 heavy (non-hydrogen) atoms. The van der Waals surface area contributed by atoms with Crippen molar-refractivity contribution in [2.45, 2.75) is 38.3 Å². The Morgan fingerprint density at radius 2 is 1.84 bits per heavy atom. The summed E-state index contributed by atoms with van der Waals surface area (Å²) in [7, 11) is 0. The number of carbonyl (C=O) groups is 2. The zero-order valence-electron chi connectivity index (χ0n) is 14.4. The van der Waals surface area contributed by atoms with Crippen molar-refractivity contribution in [3.8, 4) is 0 Å². The molecule has 4 rings (SSSR count). The lowest BCUT2D eigenvalue weighted by molar-refractivity contribution is -0.156. The molecule has 0 bridgehead atoms. The van der Waals surface area contributed by atoms with Gasteiger partial charge in [0.15, 0.2) is 0 Å². The molecule has 0 unspecified atom stereocenters. The van der Waals surface area contributed by atoms with Crippen LogP contribution in [0.15, 0.2) is 24.4 Å². The standard InChI is InChI=1S/C19H24FN3O2/c20-16-5-7-19(6-4-15(16)19)18(25)23-11-9-22(10-12-23)17(24)13-14-3-1-2-8-21-14/h1-3,8,15-16H,4-7,9-13H2/t15-,16+,19-/m0/s1. The van der Waals surface area contributed by atoms with Gasteiger partial charge in [0.2, 0.25) is 11.8 Å². The Bertz CT molecular complexity index is 660. The number of hydrogen-bond donors (Lipinski definition) is 0. The zero-order chi connectivity index (χ0) is 17.4. The molecule has 2 heterocycles. The molecule has 0 radical (unpaired) electrons. The Morgan fingerprint density at radius 1 is 1.12 bits per heavy atom. The molecule has 134 valence electrons. The monoisotopic (exact) mass is 345 g/mol. The van der Waals surface area contributed by atoms with Crippen LogP contribution in [-0.4, -0.2) is 58.9 Å². The van der Waals surface area contributed by atoms with Gasteiger partial charge in [-0.1, -0.05) is 6.07 Å². The number of piperazine rings is 1. The Labute approximate surface area is 147 Å². The number of alkyl halides is 1. The minimum Gasteiger partial charge on any atom is -0.339 e. The van der Waals surface area contributed by atoms with E-state index in [0.29, 0.717) is 45.4 Å². The van der Waals surface area contributed by atoms with Gasteiger partial charge in [-0.15, -0.1) is 0 Å². The van der Waals surface area contributed by atoms with E-state index in [0.717, 1.165) is 18.5 Å². The van der Waals surface area contributed by atoms with Crippen LogP contribution in [0.4, 0.5) is 4.39 Å². The Kier molecular flexibility index (Phi) is 4.21. The van der Waals surface area contributed by atoms with Crippen LogP contribution in [0.1, 0.15) is 31.4 Å². The van der Waals surface area contributed by atoms with E-state index in [4.69, 9.17) is 0 Å². The molecule has 2 aliphatic carbocycles. The van der Waals surface area contributed by atoms with Crippen molar-refractivity contribution in [1.82, 2.24) is 14.8 Å². The van der Waals surface area contributed by atoms with Crippen molar-refractivity contribution in [2.75, 3.05) is 26.2 Å². The first-order valence-electron chi connectivity index (χ1n) is 9.21. The summed E-state index contributed by atoms with van der Waals surface area (Å²) in [6, 6.07) is 5.55. The van der Waals surface area contributed by atoms with Gasteiger partial charge >= 0.3 is 0 Å². The lowest BCUT2D eigenvalue weighted by atomic mass is 9.61. The second-order valence-corrected chi connectivity index (χ2v) is 7.53. The number of aromatic nitrogens is 1. The average molecular weight is 345 g/mol. The molecule has 0 spiro atoms. The highest BCUT2D eigenvalue weighted by Crippen LogP contribution is 2.59. The molecule has 1 saturated heterocycles. The van der Waals surface area contributed by atoms with Gasteiger partial charge < -0.3 is 9.80 Å². The molecule has 0 aromatic carbocycles. The van der Waals surface area contributed by atoms with E-state index in [2.05, 4.69) is 4.98 Å². The maximum absolute atomic E-state index is 13.9. The average Bonchev–Trinajstić information content (AvgIpc) is 2.84. The first kappa shape index (κ1) is 16.5. The predicted octanol–water partition coefficient (Wildman–Crippen LogP) is 1.82. The quantitative estimate of drug-likeness (QED) is 0.840. The Balaban J connectivity index is 1.33. The summed E-state index contributed by atoms with van der Waals surface area (Å²) in [5.41, 5.74) is 0.335. The fourth-order valence-electron chi connectivity index (χ4n) is 4.71. The van der Waals surface area contributed by atoms with Crippen molar-refractivity contribution in [1.29, 1.82) is 0 Å². The Morgan fingerprint density at radius 3 is 2.44 bits per heavy atom. The highest BCUT2D eigenvalue weighted by Gasteiger charge is 2.60. The van der Waals surface area contributed by atoms with Gasteiger partial charge in [-0.05, 0) is 37.8 Å². The molecule has 2 amide bonds. The lowest BCUT2D eigenvalue weighted by Gasteiger charge is -2.48. The summed E-state index contributed by atoms with van der Waals surface area (Å²) < 4.78 is 13.9. The fourth-order valence-corrected chi connectivity index (χ4v) is 4.71. The first-order valence-corrected chi connectivity index (χ1v) is 9.21. The van der Waals surface area contributed by atoms with E-state index in [1.54, 1.807) is 11.1 Å². The Hall–Kier alpha value is -1.98. The maximum Gasteiger partial charge on any atom is 0.229 e. The van der Waals surface area contributed by atoms with Crippen LogP contribution in [0, 0.1) is 11.3 Å². The molecule has 6 heteroatoms. The fraction of sp³-hybridized carbons (Fsp3) is 0.632. The van der Waals surface area contributed by atoms with E-state index in [1.165, 1.54) is 0 Å². The molecular formula is C19H24FN3O2. The number of rotatable bonds is 3. The highest BCUT2D eigenvalue weighted by molar-refractivity contribution is 5.85. The summed E-state index contributed by atoms with van der Waals surface area (Å²) in [5, 5.41) is 0. The number of fused-ring (bicyclic) bond motifs is 1. The molecule has 2 saturated carbocycles. The van der Waals surface area contributed by atoms with Gasteiger partial charge in [-0.3, -0.25) is 14.6 Å². The molecule has 0 N–H and O–H groups in total. The second kappa shape index (κ2) is 6.39. The van der Waals surface area contributed by atoms with Crippen molar-refractivity contribution >= 4 is 11.8 Å². The van der Waals surface area contributed by atoms with Gasteiger partial charge in [-0.25, -0.2) is 4.39 Å². The summed E-state index contributed by atoms with van der Waals surface area (Å²) in [6.07, 6.45) is 4.07. The van der Waals surface area contributed by atoms with E-state index < -0.39 is 11.6 Å². The first-order chi connectivity index (χ1) is 12.1. The van der Waals surface area contributed by atoms with Gasteiger partial charge in [0.1, 0.15) is 6.17 Å². The molecule has 1 aromatic rings. The molecule has 1 aliphatic heterocycles. The number of pyridine rings is 1. The SMILES string of the molecule is O=C(Cc1ccccn1)N1CCN(C(=O)[C@@]23CC[C@@H](F)[C@@H]2CC3)CC1. The van der Waals surface area contributed by atoms with Crippen LogP contribution >= 0.6 is 0 Å². The highest BCUT2D eigenvalue weighted by atomic mass is 19.1. The van der Waals surface area contributed by atoms with Gasteiger partial charge in [0.05, 0.1) is 11.8 Å². The van der Waals surface area contributed by atoms with Gasteiger partial charge in [0, 0.05) is 44.0 Å². The van der Waals surface area contributed by atoms with Crippen LogP contribution in [-0.2, 0) is 16.0 Å². The lowest BCUT2D eigenvalue weighted by Crippen LogP contribution is -2.58. The molecule has 3 atom stereocenters. The van der Waals surface area contributed by atoms with E-state index in [9.17, 15) is 14.0 Å². The van der Waals surface area contributed by atoms with E-state index in [-0.39, 0.29) is 17.7 Å². The van der Waals surface area contributed by atoms with Crippen LogP contribution in [0.25, 0.3) is 0 Å². The number of hydrogen-bond acceptors (Lipinski definition) is 3.